The summed E-state index contributed by atoms with van der Waals surface area (Å²) >= 11 is 0. The highest BCUT2D eigenvalue weighted by Gasteiger charge is 2.33. The third-order valence-electron chi connectivity index (χ3n) is 4.56. The molecule has 2 unspecified atom stereocenters. The first-order chi connectivity index (χ1) is 13.2. The summed E-state index contributed by atoms with van der Waals surface area (Å²) in [6.45, 7) is 2.92. The Morgan fingerprint density at radius 3 is 2.48 bits per heavy atom. The van der Waals surface area contributed by atoms with Crippen molar-refractivity contribution < 1.29 is 14.3 Å². The molecule has 0 fully saturated rings. The molecule has 1 N–H and O–H groups in total. The van der Waals surface area contributed by atoms with Gasteiger partial charge in [-0.25, -0.2) is 0 Å². The summed E-state index contributed by atoms with van der Waals surface area (Å²) in [5, 5.41) is 7.22. The van der Waals surface area contributed by atoms with E-state index < -0.39 is 6.10 Å². The van der Waals surface area contributed by atoms with Crippen LogP contribution < -0.4 is 14.8 Å². The van der Waals surface area contributed by atoms with E-state index in [2.05, 4.69) is 10.4 Å². The van der Waals surface area contributed by atoms with Crippen molar-refractivity contribution in [3.05, 3.63) is 78.1 Å². The van der Waals surface area contributed by atoms with Crippen LogP contribution in [0.15, 0.2) is 67.0 Å². The number of nitrogens with zero attached hydrogens (tertiary/aromatic N) is 2. The van der Waals surface area contributed by atoms with E-state index in [1.807, 2.05) is 66.3 Å². The third-order valence-corrected chi connectivity index (χ3v) is 4.56. The molecular weight excluding hydrogens is 342 g/mol. The molecule has 3 aromatic rings. The van der Waals surface area contributed by atoms with Gasteiger partial charge in [-0.3, -0.25) is 9.48 Å². The van der Waals surface area contributed by atoms with Crippen molar-refractivity contribution in [2.24, 2.45) is 0 Å². The van der Waals surface area contributed by atoms with Crippen molar-refractivity contribution in [1.29, 1.82) is 0 Å². The van der Waals surface area contributed by atoms with Gasteiger partial charge in [0, 0.05) is 18.9 Å². The predicted octanol–water partition coefficient (Wildman–Crippen LogP) is 2.78. The van der Waals surface area contributed by atoms with Crippen LogP contribution in [0.2, 0.25) is 0 Å². The van der Waals surface area contributed by atoms with E-state index in [4.69, 9.17) is 9.47 Å². The number of hydrogen-bond acceptors (Lipinski definition) is 4. The number of nitrogens with one attached hydrogen (secondary N) is 1. The molecule has 2 atom stereocenters. The van der Waals surface area contributed by atoms with Crippen LogP contribution in [0, 0.1) is 0 Å². The number of fused-ring (bicyclic) bond motifs is 1. The van der Waals surface area contributed by atoms with Gasteiger partial charge in [-0.05, 0) is 36.2 Å². The molecular formula is C21H21N3O3. The molecule has 4 rings (SSSR count). The lowest BCUT2D eigenvalue weighted by Gasteiger charge is -2.31. The number of carbonyl (C=O) groups is 1. The number of benzene rings is 2. The number of ether oxygens (including phenoxy) is 2. The van der Waals surface area contributed by atoms with Crippen molar-refractivity contribution >= 4 is 5.91 Å². The number of amides is 1. The smallest absolute Gasteiger partial charge is 0.265 e. The van der Waals surface area contributed by atoms with E-state index in [9.17, 15) is 4.79 Å². The molecule has 2 heterocycles. The molecule has 1 aliphatic heterocycles. The molecule has 0 aliphatic carbocycles. The maximum Gasteiger partial charge on any atom is 0.265 e. The Hall–Kier alpha value is -3.28. The Labute approximate surface area is 157 Å². The Morgan fingerprint density at radius 2 is 1.74 bits per heavy atom. The van der Waals surface area contributed by atoms with Crippen LogP contribution in [-0.4, -0.2) is 27.9 Å². The van der Waals surface area contributed by atoms with E-state index in [0.29, 0.717) is 24.6 Å². The maximum atomic E-state index is 12.7. The van der Waals surface area contributed by atoms with Gasteiger partial charge in [0.25, 0.3) is 5.91 Å². The monoisotopic (exact) mass is 363 g/mol. The minimum absolute atomic E-state index is 0.189. The molecule has 1 aliphatic rings. The molecule has 0 radical (unpaired) electrons. The molecule has 0 saturated carbocycles. The van der Waals surface area contributed by atoms with Crippen molar-refractivity contribution in [3.8, 4) is 11.5 Å². The van der Waals surface area contributed by atoms with Crippen molar-refractivity contribution in [2.45, 2.75) is 32.2 Å². The van der Waals surface area contributed by atoms with Gasteiger partial charge >= 0.3 is 0 Å². The molecule has 6 nitrogen and oxygen atoms in total. The topological polar surface area (TPSA) is 65.4 Å². The minimum atomic E-state index is -0.682. The molecule has 0 bridgehead atoms. The number of para-hydroxylation sites is 2. The van der Waals surface area contributed by atoms with Gasteiger partial charge in [0.05, 0.1) is 6.54 Å². The lowest BCUT2D eigenvalue weighted by molar-refractivity contribution is -0.133. The first-order valence-corrected chi connectivity index (χ1v) is 8.95. The summed E-state index contributed by atoms with van der Waals surface area (Å²) in [6, 6.07) is 17.3. The van der Waals surface area contributed by atoms with Gasteiger partial charge < -0.3 is 14.8 Å². The standard InChI is InChI=1S/C21H21N3O3/c1-15-20(27-19-10-5-4-9-18(19)26-15)21(25)22-13-16-7-2-3-8-17(16)14-24-12-6-11-23-24/h2-12,15,20H,13-14H2,1H3,(H,22,25). The molecule has 0 spiro atoms. The fourth-order valence-electron chi connectivity index (χ4n) is 3.14. The number of aromatic nitrogens is 2. The zero-order valence-electron chi connectivity index (χ0n) is 15.0. The number of carbonyl (C=O) groups excluding carboxylic acids is 1. The van der Waals surface area contributed by atoms with Gasteiger partial charge in [0.1, 0.15) is 6.10 Å². The zero-order valence-corrected chi connectivity index (χ0v) is 15.0. The van der Waals surface area contributed by atoms with Crippen molar-refractivity contribution in [2.75, 3.05) is 0 Å². The summed E-state index contributed by atoms with van der Waals surface area (Å²) in [5.41, 5.74) is 2.16. The minimum Gasteiger partial charge on any atom is -0.482 e. The van der Waals surface area contributed by atoms with Crippen molar-refractivity contribution in [1.82, 2.24) is 15.1 Å². The van der Waals surface area contributed by atoms with E-state index in [1.54, 1.807) is 12.3 Å². The van der Waals surface area contributed by atoms with Crippen LogP contribution >= 0.6 is 0 Å². The van der Waals surface area contributed by atoms with Crippen LogP contribution in [0.1, 0.15) is 18.1 Å². The summed E-state index contributed by atoms with van der Waals surface area (Å²) in [6.07, 6.45) is 2.63. The molecule has 0 saturated heterocycles. The first kappa shape index (κ1) is 17.1. The molecule has 2 aromatic carbocycles. The molecule has 1 aromatic heterocycles. The molecule has 1 amide bonds. The second-order valence-electron chi connectivity index (χ2n) is 6.50. The van der Waals surface area contributed by atoms with Crippen LogP contribution in [0.5, 0.6) is 11.5 Å². The van der Waals surface area contributed by atoms with Gasteiger partial charge in [-0.2, -0.15) is 5.10 Å². The summed E-state index contributed by atoms with van der Waals surface area (Å²) in [5.74, 6) is 1.07. The fourth-order valence-corrected chi connectivity index (χ4v) is 3.14. The first-order valence-electron chi connectivity index (χ1n) is 8.95. The van der Waals surface area contributed by atoms with E-state index >= 15 is 0 Å². The number of rotatable bonds is 5. The lowest BCUT2D eigenvalue weighted by atomic mass is 10.1. The van der Waals surface area contributed by atoms with Crippen LogP contribution in [0.25, 0.3) is 0 Å². The highest BCUT2D eigenvalue weighted by Crippen LogP contribution is 2.33. The van der Waals surface area contributed by atoms with Crippen LogP contribution in [0.3, 0.4) is 0 Å². The Morgan fingerprint density at radius 1 is 1.04 bits per heavy atom. The second kappa shape index (κ2) is 7.53. The highest BCUT2D eigenvalue weighted by molar-refractivity contribution is 5.82. The van der Waals surface area contributed by atoms with E-state index in [0.717, 1.165) is 11.1 Å². The normalized spacial score (nSPS) is 18.1. The third kappa shape index (κ3) is 3.79. The predicted molar refractivity (Wildman–Crippen MR) is 101 cm³/mol. The van der Waals surface area contributed by atoms with Gasteiger partial charge in [0.15, 0.2) is 11.5 Å². The van der Waals surface area contributed by atoms with Crippen molar-refractivity contribution in [3.63, 3.8) is 0 Å². The summed E-state index contributed by atoms with van der Waals surface area (Å²) in [4.78, 5) is 12.7. The quantitative estimate of drug-likeness (QED) is 0.757. The summed E-state index contributed by atoms with van der Waals surface area (Å²) in [7, 11) is 0. The molecule has 27 heavy (non-hydrogen) atoms. The Bertz CT molecular complexity index is 924. The SMILES string of the molecule is CC1Oc2ccccc2OC1C(=O)NCc1ccccc1Cn1cccn1. The van der Waals surface area contributed by atoms with Crippen LogP contribution in [0.4, 0.5) is 0 Å². The maximum absolute atomic E-state index is 12.7. The Balaban J connectivity index is 1.43. The van der Waals surface area contributed by atoms with Gasteiger partial charge in [-0.15, -0.1) is 0 Å². The summed E-state index contributed by atoms with van der Waals surface area (Å²) < 4.78 is 13.5. The molecule has 6 heteroatoms. The van der Waals surface area contributed by atoms with Gasteiger partial charge in [-0.1, -0.05) is 36.4 Å². The zero-order chi connectivity index (χ0) is 18.6. The number of hydrogen-bond donors (Lipinski definition) is 1. The second-order valence-corrected chi connectivity index (χ2v) is 6.50. The van der Waals surface area contributed by atoms with E-state index in [-0.39, 0.29) is 12.0 Å². The average Bonchev–Trinajstić information content (AvgIpc) is 3.19. The van der Waals surface area contributed by atoms with Crippen LogP contribution in [-0.2, 0) is 17.9 Å². The van der Waals surface area contributed by atoms with Gasteiger partial charge in [0.2, 0.25) is 6.10 Å². The average molecular weight is 363 g/mol. The highest BCUT2D eigenvalue weighted by atomic mass is 16.6. The van der Waals surface area contributed by atoms with E-state index in [1.165, 1.54) is 0 Å². The fraction of sp³-hybridized carbons (Fsp3) is 0.238. The largest absolute Gasteiger partial charge is 0.482 e. The molecule has 138 valence electrons. The lowest BCUT2D eigenvalue weighted by Crippen LogP contribution is -2.48. The Kier molecular flexibility index (Phi) is 4.78.